The summed E-state index contributed by atoms with van der Waals surface area (Å²) in [6.07, 6.45) is 4.86. The van der Waals surface area contributed by atoms with E-state index in [4.69, 9.17) is 10.5 Å². The van der Waals surface area contributed by atoms with Crippen molar-refractivity contribution < 1.29 is 4.74 Å². The highest BCUT2D eigenvalue weighted by Crippen LogP contribution is 2.23. The van der Waals surface area contributed by atoms with E-state index in [2.05, 4.69) is 37.7 Å². The second-order valence-corrected chi connectivity index (χ2v) is 5.20. The van der Waals surface area contributed by atoms with Crippen LogP contribution in [-0.2, 0) is 4.74 Å². The van der Waals surface area contributed by atoms with Crippen molar-refractivity contribution in [2.75, 3.05) is 20.2 Å². The van der Waals surface area contributed by atoms with Crippen LogP contribution in [0.15, 0.2) is 24.5 Å². The maximum absolute atomic E-state index is 6.28. The standard InChI is InChI=1S/C15H27N3O/c1-5-14(16)15(13-6-8-17-9-7-13)18(4)10-11-19-12(2)3/h6-9,12,14-15H,5,10-11,16H2,1-4H3. The third kappa shape index (κ3) is 5.27. The molecule has 1 rings (SSSR count). The molecular weight excluding hydrogens is 238 g/mol. The van der Waals surface area contributed by atoms with Crippen LogP contribution in [0.3, 0.4) is 0 Å². The van der Waals surface area contributed by atoms with Crippen molar-refractivity contribution in [2.24, 2.45) is 5.73 Å². The zero-order valence-corrected chi connectivity index (χ0v) is 12.5. The summed E-state index contributed by atoms with van der Waals surface area (Å²) >= 11 is 0. The van der Waals surface area contributed by atoms with E-state index in [9.17, 15) is 0 Å². The molecule has 1 aromatic heterocycles. The van der Waals surface area contributed by atoms with Crippen LogP contribution in [0, 0.1) is 0 Å². The average Bonchev–Trinajstić information content (AvgIpc) is 2.39. The molecule has 0 aliphatic rings. The molecule has 0 spiro atoms. The van der Waals surface area contributed by atoms with E-state index in [1.54, 1.807) is 0 Å². The molecule has 4 heteroatoms. The predicted molar refractivity (Wildman–Crippen MR) is 79.0 cm³/mol. The van der Waals surface area contributed by atoms with Gasteiger partial charge in [-0.25, -0.2) is 0 Å². The van der Waals surface area contributed by atoms with Gasteiger partial charge in [-0.1, -0.05) is 6.92 Å². The maximum Gasteiger partial charge on any atom is 0.0597 e. The third-order valence-corrected chi connectivity index (χ3v) is 3.29. The molecule has 0 amide bonds. The summed E-state index contributed by atoms with van der Waals surface area (Å²) in [6, 6.07) is 4.41. The molecule has 0 aliphatic heterocycles. The minimum atomic E-state index is 0.117. The van der Waals surface area contributed by atoms with Gasteiger partial charge in [0.2, 0.25) is 0 Å². The lowest BCUT2D eigenvalue weighted by atomic mass is 9.97. The molecule has 0 radical (unpaired) electrons. The van der Waals surface area contributed by atoms with Gasteiger partial charge in [-0.15, -0.1) is 0 Å². The second-order valence-electron chi connectivity index (χ2n) is 5.20. The van der Waals surface area contributed by atoms with Gasteiger partial charge in [0.05, 0.1) is 12.7 Å². The first-order valence-electron chi connectivity index (χ1n) is 7.03. The molecule has 0 aromatic carbocycles. The Bertz CT molecular complexity index is 343. The van der Waals surface area contributed by atoms with Crippen LogP contribution in [-0.4, -0.2) is 42.2 Å². The van der Waals surface area contributed by atoms with Crippen LogP contribution < -0.4 is 5.73 Å². The number of likely N-dealkylation sites (N-methyl/N-ethyl adjacent to an activating group) is 1. The molecule has 0 saturated carbocycles. The first-order chi connectivity index (χ1) is 9.06. The van der Waals surface area contributed by atoms with E-state index in [-0.39, 0.29) is 18.2 Å². The molecular formula is C15H27N3O. The number of rotatable bonds is 8. The number of nitrogens with zero attached hydrogens (tertiary/aromatic N) is 2. The molecule has 0 saturated heterocycles. The summed E-state index contributed by atoms with van der Waals surface area (Å²) in [5, 5.41) is 0. The lowest BCUT2D eigenvalue weighted by Gasteiger charge is -2.32. The SMILES string of the molecule is CCC(N)C(c1ccncc1)N(C)CCOC(C)C. The van der Waals surface area contributed by atoms with Crippen molar-refractivity contribution in [3.63, 3.8) is 0 Å². The fourth-order valence-electron chi connectivity index (χ4n) is 2.18. The predicted octanol–water partition coefficient (Wildman–Crippen LogP) is 2.22. The Morgan fingerprint density at radius 2 is 1.95 bits per heavy atom. The molecule has 2 N–H and O–H groups in total. The van der Waals surface area contributed by atoms with Crippen molar-refractivity contribution in [1.29, 1.82) is 0 Å². The van der Waals surface area contributed by atoms with Crippen LogP contribution in [0.1, 0.15) is 38.8 Å². The highest BCUT2D eigenvalue weighted by Gasteiger charge is 2.22. The first-order valence-corrected chi connectivity index (χ1v) is 7.03. The lowest BCUT2D eigenvalue weighted by Crippen LogP contribution is -2.40. The lowest BCUT2D eigenvalue weighted by molar-refractivity contribution is 0.0527. The number of ether oxygens (including phenoxy) is 1. The van der Waals surface area contributed by atoms with Crippen LogP contribution in [0.25, 0.3) is 0 Å². The van der Waals surface area contributed by atoms with Crippen molar-refractivity contribution in [2.45, 2.75) is 45.4 Å². The third-order valence-electron chi connectivity index (χ3n) is 3.29. The van der Waals surface area contributed by atoms with Crippen molar-refractivity contribution in [3.05, 3.63) is 30.1 Å². The van der Waals surface area contributed by atoms with E-state index in [0.717, 1.165) is 19.6 Å². The van der Waals surface area contributed by atoms with Crippen LogP contribution >= 0.6 is 0 Å². The van der Waals surface area contributed by atoms with E-state index in [1.165, 1.54) is 5.56 Å². The minimum Gasteiger partial charge on any atom is -0.377 e. The van der Waals surface area contributed by atoms with Gasteiger partial charge >= 0.3 is 0 Å². The number of hydrogen-bond donors (Lipinski definition) is 1. The van der Waals surface area contributed by atoms with Gasteiger partial charge in [0.15, 0.2) is 0 Å². The number of hydrogen-bond acceptors (Lipinski definition) is 4. The van der Waals surface area contributed by atoms with Crippen molar-refractivity contribution >= 4 is 0 Å². The van der Waals surface area contributed by atoms with Crippen LogP contribution in [0.2, 0.25) is 0 Å². The topological polar surface area (TPSA) is 51.4 Å². The fourth-order valence-corrected chi connectivity index (χ4v) is 2.18. The summed E-state index contributed by atoms with van der Waals surface area (Å²) in [5.74, 6) is 0. The highest BCUT2D eigenvalue weighted by atomic mass is 16.5. The molecule has 0 fully saturated rings. The van der Waals surface area contributed by atoms with Gasteiger partial charge in [-0.3, -0.25) is 9.88 Å². The Kier molecular flexibility index (Phi) is 6.99. The quantitative estimate of drug-likeness (QED) is 0.783. The Morgan fingerprint density at radius 3 is 2.47 bits per heavy atom. The number of nitrogens with two attached hydrogens (primary N) is 1. The Hall–Kier alpha value is -0.970. The van der Waals surface area contributed by atoms with E-state index < -0.39 is 0 Å². The summed E-state index contributed by atoms with van der Waals surface area (Å²) in [4.78, 5) is 6.34. The molecule has 4 nitrogen and oxygen atoms in total. The van der Waals surface area contributed by atoms with Gasteiger partial charge < -0.3 is 10.5 Å². The van der Waals surface area contributed by atoms with E-state index in [0.29, 0.717) is 0 Å². The normalized spacial score (nSPS) is 14.9. The molecule has 0 aliphatic carbocycles. The minimum absolute atomic E-state index is 0.117. The van der Waals surface area contributed by atoms with Crippen LogP contribution in [0.4, 0.5) is 0 Å². The Labute approximate surface area is 117 Å². The first kappa shape index (κ1) is 16.1. The Balaban J connectivity index is 2.69. The smallest absolute Gasteiger partial charge is 0.0597 e. The molecule has 1 aromatic rings. The largest absolute Gasteiger partial charge is 0.377 e. The van der Waals surface area contributed by atoms with Crippen molar-refractivity contribution in [1.82, 2.24) is 9.88 Å². The number of aromatic nitrogens is 1. The highest BCUT2D eigenvalue weighted by molar-refractivity contribution is 5.17. The molecule has 0 bridgehead atoms. The molecule has 2 atom stereocenters. The van der Waals surface area contributed by atoms with Gasteiger partial charge in [-0.2, -0.15) is 0 Å². The second kappa shape index (κ2) is 8.25. The van der Waals surface area contributed by atoms with Crippen LogP contribution in [0.5, 0.6) is 0 Å². The summed E-state index contributed by atoms with van der Waals surface area (Å²) < 4.78 is 5.62. The average molecular weight is 265 g/mol. The Morgan fingerprint density at radius 1 is 1.32 bits per heavy atom. The fraction of sp³-hybridized carbons (Fsp3) is 0.667. The van der Waals surface area contributed by atoms with Gasteiger partial charge in [0.1, 0.15) is 0 Å². The summed E-state index contributed by atoms with van der Waals surface area (Å²) in [5.41, 5.74) is 7.50. The summed E-state index contributed by atoms with van der Waals surface area (Å²) in [7, 11) is 2.10. The molecule has 1 heterocycles. The van der Waals surface area contributed by atoms with Gasteiger partial charge in [0, 0.05) is 31.0 Å². The van der Waals surface area contributed by atoms with Crippen molar-refractivity contribution in [3.8, 4) is 0 Å². The number of pyridine rings is 1. The van der Waals surface area contributed by atoms with Gasteiger partial charge in [-0.05, 0) is 45.0 Å². The monoisotopic (exact) mass is 265 g/mol. The van der Waals surface area contributed by atoms with E-state index >= 15 is 0 Å². The molecule has 19 heavy (non-hydrogen) atoms. The van der Waals surface area contributed by atoms with Gasteiger partial charge in [0.25, 0.3) is 0 Å². The maximum atomic E-state index is 6.28. The molecule has 108 valence electrons. The molecule has 2 unspecified atom stereocenters. The summed E-state index contributed by atoms with van der Waals surface area (Å²) in [6.45, 7) is 7.83. The zero-order valence-electron chi connectivity index (χ0n) is 12.5. The zero-order chi connectivity index (χ0) is 14.3. The van der Waals surface area contributed by atoms with E-state index in [1.807, 2.05) is 24.5 Å².